The highest BCUT2D eigenvalue weighted by Gasteiger charge is 2.21. The number of nitrogens with zero attached hydrogens (tertiary/aromatic N) is 2. The summed E-state index contributed by atoms with van der Waals surface area (Å²) in [6.07, 6.45) is 1.36. The topological polar surface area (TPSA) is 35.6 Å². The SMILES string of the molecule is Cc1cccc(N2CCN(C(=O)CCNCCc3ccc(F)cc3)CC2)c1C. The maximum atomic E-state index is 12.9. The van der Waals surface area contributed by atoms with Gasteiger partial charge in [0, 0.05) is 44.8 Å². The van der Waals surface area contributed by atoms with Crippen LogP contribution >= 0.6 is 0 Å². The lowest BCUT2D eigenvalue weighted by Crippen LogP contribution is -2.49. The fourth-order valence-electron chi connectivity index (χ4n) is 3.64. The molecule has 1 aliphatic rings. The van der Waals surface area contributed by atoms with E-state index in [1.54, 1.807) is 12.1 Å². The highest BCUT2D eigenvalue weighted by atomic mass is 19.1. The van der Waals surface area contributed by atoms with Gasteiger partial charge in [0.15, 0.2) is 0 Å². The Hall–Kier alpha value is -2.40. The third-order valence-electron chi connectivity index (χ3n) is 5.57. The van der Waals surface area contributed by atoms with E-state index in [1.165, 1.54) is 28.9 Å². The highest BCUT2D eigenvalue weighted by molar-refractivity contribution is 5.76. The lowest BCUT2D eigenvalue weighted by molar-refractivity contribution is -0.131. The van der Waals surface area contributed by atoms with Crippen molar-refractivity contribution in [1.82, 2.24) is 10.2 Å². The molecule has 0 bridgehead atoms. The molecule has 1 saturated heterocycles. The van der Waals surface area contributed by atoms with E-state index in [-0.39, 0.29) is 11.7 Å². The molecule has 0 radical (unpaired) electrons. The first-order chi connectivity index (χ1) is 13.5. The van der Waals surface area contributed by atoms with E-state index < -0.39 is 0 Å². The van der Waals surface area contributed by atoms with Crippen LogP contribution in [-0.4, -0.2) is 50.1 Å². The van der Waals surface area contributed by atoms with Crippen molar-refractivity contribution < 1.29 is 9.18 Å². The number of benzene rings is 2. The first-order valence-corrected chi connectivity index (χ1v) is 10.1. The molecule has 2 aromatic carbocycles. The van der Waals surface area contributed by atoms with Gasteiger partial charge in [0.25, 0.3) is 0 Å². The summed E-state index contributed by atoms with van der Waals surface area (Å²) < 4.78 is 12.9. The van der Waals surface area contributed by atoms with E-state index >= 15 is 0 Å². The summed E-state index contributed by atoms with van der Waals surface area (Å²) in [7, 11) is 0. The van der Waals surface area contributed by atoms with Gasteiger partial charge in [0.2, 0.25) is 5.91 Å². The molecule has 150 valence electrons. The minimum absolute atomic E-state index is 0.208. The van der Waals surface area contributed by atoms with Crippen LogP contribution in [0.25, 0.3) is 0 Å². The Morgan fingerprint density at radius 3 is 2.43 bits per heavy atom. The van der Waals surface area contributed by atoms with Gasteiger partial charge in [-0.2, -0.15) is 0 Å². The Balaban J connectivity index is 1.36. The van der Waals surface area contributed by atoms with Gasteiger partial charge in [-0.3, -0.25) is 4.79 Å². The summed E-state index contributed by atoms with van der Waals surface area (Å²) in [5.74, 6) is 0.00913. The Morgan fingerprint density at radius 1 is 1.00 bits per heavy atom. The lowest BCUT2D eigenvalue weighted by atomic mass is 10.1. The van der Waals surface area contributed by atoms with E-state index in [4.69, 9.17) is 0 Å². The van der Waals surface area contributed by atoms with Crippen molar-refractivity contribution in [3.63, 3.8) is 0 Å². The first kappa shape index (κ1) is 20.3. The molecule has 0 unspecified atom stereocenters. The molecule has 0 atom stereocenters. The Morgan fingerprint density at radius 2 is 1.71 bits per heavy atom. The maximum Gasteiger partial charge on any atom is 0.223 e. The summed E-state index contributed by atoms with van der Waals surface area (Å²) in [6.45, 7) is 9.10. The summed E-state index contributed by atoms with van der Waals surface area (Å²) in [5, 5.41) is 3.32. The molecule has 28 heavy (non-hydrogen) atoms. The second-order valence-corrected chi connectivity index (χ2v) is 7.46. The van der Waals surface area contributed by atoms with Gasteiger partial charge >= 0.3 is 0 Å². The molecule has 0 spiro atoms. The van der Waals surface area contributed by atoms with Crippen LogP contribution in [0.3, 0.4) is 0 Å². The predicted molar refractivity (Wildman–Crippen MR) is 112 cm³/mol. The maximum absolute atomic E-state index is 12.9. The van der Waals surface area contributed by atoms with E-state index in [1.807, 2.05) is 4.90 Å². The van der Waals surface area contributed by atoms with Gasteiger partial charge in [-0.1, -0.05) is 24.3 Å². The smallest absolute Gasteiger partial charge is 0.223 e. The molecule has 0 aromatic heterocycles. The van der Waals surface area contributed by atoms with E-state index in [2.05, 4.69) is 42.3 Å². The third kappa shape index (κ3) is 5.32. The lowest BCUT2D eigenvalue weighted by Gasteiger charge is -2.37. The fourth-order valence-corrected chi connectivity index (χ4v) is 3.64. The second kappa shape index (κ2) is 9.69. The number of nitrogens with one attached hydrogen (secondary N) is 1. The summed E-state index contributed by atoms with van der Waals surface area (Å²) in [5.41, 5.74) is 5.02. The average Bonchev–Trinajstić information content (AvgIpc) is 2.71. The van der Waals surface area contributed by atoms with Gasteiger partial charge < -0.3 is 15.1 Å². The van der Waals surface area contributed by atoms with E-state index in [0.29, 0.717) is 13.0 Å². The van der Waals surface area contributed by atoms with Crippen molar-refractivity contribution in [2.75, 3.05) is 44.2 Å². The van der Waals surface area contributed by atoms with Crippen molar-refractivity contribution in [2.24, 2.45) is 0 Å². The molecule has 5 heteroatoms. The molecule has 1 heterocycles. The van der Waals surface area contributed by atoms with Crippen LogP contribution in [-0.2, 0) is 11.2 Å². The van der Waals surface area contributed by atoms with Gasteiger partial charge in [-0.25, -0.2) is 4.39 Å². The van der Waals surface area contributed by atoms with Crippen molar-refractivity contribution in [3.05, 3.63) is 65.0 Å². The third-order valence-corrected chi connectivity index (χ3v) is 5.57. The minimum Gasteiger partial charge on any atom is -0.368 e. The molecule has 2 aromatic rings. The number of carbonyl (C=O) groups is 1. The van der Waals surface area contributed by atoms with Gasteiger partial charge in [0.1, 0.15) is 5.82 Å². The van der Waals surface area contributed by atoms with Crippen molar-refractivity contribution in [3.8, 4) is 0 Å². The van der Waals surface area contributed by atoms with Crippen LogP contribution in [0.15, 0.2) is 42.5 Å². The number of halogens is 1. The normalized spacial score (nSPS) is 14.4. The molecular formula is C23H30FN3O. The number of rotatable bonds is 7. The zero-order valence-electron chi connectivity index (χ0n) is 16.9. The van der Waals surface area contributed by atoms with Crippen molar-refractivity contribution in [2.45, 2.75) is 26.7 Å². The second-order valence-electron chi connectivity index (χ2n) is 7.46. The van der Waals surface area contributed by atoms with Crippen molar-refractivity contribution in [1.29, 1.82) is 0 Å². The predicted octanol–water partition coefficient (Wildman–Crippen LogP) is 3.31. The standard InChI is InChI=1S/C23H30FN3O/c1-18-4-3-5-22(19(18)2)26-14-16-27(17-15-26)23(28)11-13-25-12-10-20-6-8-21(24)9-7-20/h3-9,25H,10-17H2,1-2H3. The average molecular weight is 384 g/mol. The largest absolute Gasteiger partial charge is 0.368 e. The number of piperazine rings is 1. The number of anilines is 1. The van der Waals surface area contributed by atoms with Crippen LogP contribution in [0.2, 0.25) is 0 Å². The number of carbonyl (C=O) groups excluding carboxylic acids is 1. The Bertz CT molecular complexity index is 783. The van der Waals surface area contributed by atoms with Crippen molar-refractivity contribution >= 4 is 11.6 Å². The van der Waals surface area contributed by atoms with Crippen LogP contribution in [0.4, 0.5) is 10.1 Å². The molecule has 4 nitrogen and oxygen atoms in total. The van der Waals surface area contributed by atoms with E-state index in [0.717, 1.165) is 44.7 Å². The zero-order valence-corrected chi connectivity index (χ0v) is 16.9. The molecule has 1 N–H and O–H groups in total. The molecule has 1 aliphatic heterocycles. The zero-order chi connectivity index (χ0) is 19.9. The molecular weight excluding hydrogens is 353 g/mol. The van der Waals surface area contributed by atoms with E-state index in [9.17, 15) is 9.18 Å². The number of hydrogen-bond acceptors (Lipinski definition) is 3. The van der Waals surface area contributed by atoms with Crippen LogP contribution in [0, 0.1) is 19.7 Å². The molecule has 0 aliphatic carbocycles. The fraction of sp³-hybridized carbons (Fsp3) is 0.435. The molecule has 3 rings (SSSR count). The number of amides is 1. The van der Waals surface area contributed by atoms with Crippen LogP contribution < -0.4 is 10.2 Å². The Labute approximate surface area is 167 Å². The highest BCUT2D eigenvalue weighted by Crippen LogP contribution is 2.23. The number of hydrogen-bond donors (Lipinski definition) is 1. The van der Waals surface area contributed by atoms with Gasteiger partial charge in [-0.05, 0) is 61.7 Å². The van der Waals surface area contributed by atoms with Crippen LogP contribution in [0.5, 0.6) is 0 Å². The molecule has 1 amide bonds. The first-order valence-electron chi connectivity index (χ1n) is 10.1. The van der Waals surface area contributed by atoms with Gasteiger partial charge in [-0.15, -0.1) is 0 Å². The summed E-state index contributed by atoms with van der Waals surface area (Å²) >= 11 is 0. The molecule has 1 fully saturated rings. The van der Waals surface area contributed by atoms with Gasteiger partial charge in [0.05, 0.1) is 0 Å². The minimum atomic E-state index is -0.208. The summed E-state index contributed by atoms with van der Waals surface area (Å²) in [4.78, 5) is 16.8. The Kier molecular flexibility index (Phi) is 7.04. The number of aryl methyl sites for hydroxylation is 1. The van der Waals surface area contributed by atoms with Crippen LogP contribution in [0.1, 0.15) is 23.1 Å². The molecule has 0 saturated carbocycles. The summed E-state index contributed by atoms with van der Waals surface area (Å²) in [6, 6.07) is 13.0. The quantitative estimate of drug-likeness (QED) is 0.745. The monoisotopic (exact) mass is 383 g/mol.